The van der Waals surface area contributed by atoms with Crippen LogP contribution in [0.2, 0.25) is 0 Å². The van der Waals surface area contributed by atoms with Crippen LogP contribution in [0.15, 0.2) is 71.1 Å². The van der Waals surface area contributed by atoms with Crippen molar-refractivity contribution in [1.29, 1.82) is 0 Å². The van der Waals surface area contributed by atoms with Gasteiger partial charge >= 0.3 is 0 Å². The van der Waals surface area contributed by atoms with Crippen LogP contribution < -0.4 is 81.9 Å². The van der Waals surface area contributed by atoms with E-state index in [0.29, 0.717) is 0 Å². The van der Waals surface area contributed by atoms with Gasteiger partial charge in [-0.3, -0.25) is 0 Å². The molecule has 0 amide bonds. The number of hydrogen-bond donors (Lipinski definition) is 0. The van der Waals surface area contributed by atoms with Crippen molar-refractivity contribution >= 4 is 254 Å². The van der Waals surface area contributed by atoms with E-state index in [1.165, 1.54) is 153 Å². The molecule has 0 aliphatic carbocycles. The summed E-state index contributed by atoms with van der Waals surface area (Å²) in [5.41, 5.74) is 30.5. The highest BCUT2D eigenvalue weighted by Gasteiger charge is 2.28. The summed E-state index contributed by atoms with van der Waals surface area (Å²) < 4.78 is 6.31. The molecule has 16 heteroatoms. The Labute approximate surface area is 356 Å². The van der Waals surface area contributed by atoms with Crippen molar-refractivity contribution in [1.82, 2.24) is 0 Å². The summed E-state index contributed by atoms with van der Waals surface area (Å²) in [6.07, 6.45) is 0. The summed E-state index contributed by atoms with van der Waals surface area (Å²) in [5, 5.41) is 10.8. The second-order valence-corrected chi connectivity index (χ2v) is 17.6. The fourth-order valence-electron chi connectivity index (χ4n) is 10.9. The number of hydrogen-bond acceptors (Lipinski definition) is 1. The summed E-state index contributed by atoms with van der Waals surface area (Å²) in [6, 6.07) is 24.3. The standard InChI is InChI=1S/C42H41B15O/c43-28-25(33(48)34(49)27-26(28)35(50)41(56)42(57)36(27)51)20-23-21(29(44)37(52)39(54)31(23)46)18(22-24(20)32(47)40(55)38(53)30(22)45)13-10-8-12(9-11-13)14-5-3-7-17-19(14)15-4-1-2-6-16(15)58-17/h1-11H,43-57H2. The third-order valence-corrected chi connectivity index (χ3v) is 15.3. The predicted octanol–water partition coefficient (Wildman–Crippen LogP) is -14.1. The first-order chi connectivity index (χ1) is 27.6. The molecule has 8 aromatic carbocycles. The monoisotopic (exact) mass is 726 g/mol. The molecule has 0 saturated carbocycles. The summed E-state index contributed by atoms with van der Waals surface area (Å²) in [5.74, 6) is 0. The molecule has 0 aliphatic heterocycles. The minimum atomic E-state index is 0.925. The molecule has 0 aliphatic rings. The van der Waals surface area contributed by atoms with E-state index >= 15 is 0 Å². The Morgan fingerprint density at radius 3 is 1.17 bits per heavy atom. The van der Waals surface area contributed by atoms with Gasteiger partial charge in [0.05, 0.1) is 0 Å². The molecular formula is C42H41B15O. The third kappa shape index (κ3) is 5.18. The zero-order chi connectivity index (χ0) is 41.4. The molecule has 0 bridgehead atoms. The molecule has 0 saturated heterocycles. The van der Waals surface area contributed by atoms with Crippen LogP contribution >= 0.6 is 0 Å². The van der Waals surface area contributed by atoms with Crippen molar-refractivity contribution in [3.05, 3.63) is 66.7 Å². The first-order valence-corrected chi connectivity index (χ1v) is 21.1. The van der Waals surface area contributed by atoms with Crippen LogP contribution in [0.1, 0.15) is 0 Å². The Balaban J connectivity index is 1.46. The smallest absolute Gasteiger partial charge is 0.140 e. The molecule has 1 nitrogen and oxygen atoms in total. The normalized spacial score (nSPS) is 11.8. The Bertz CT molecular complexity index is 3250. The molecule has 1 heterocycles. The lowest BCUT2D eigenvalue weighted by molar-refractivity contribution is 0.669. The van der Waals surface area contributed by atoms with Crippen LogP contribution in [0.4, 0.5) is 0 Å². The lowest BCUT2D eigenvalue weighted by Gasteiger charge is -2.31. The Morgan fingerprint density at radius 1 is 0.259 bits per heavy atom. The molecular weight excluding hydrogens is 683 g/mol. The van der Waals surface area contributed by atoms with Gasteiger partial charge in [0.2, 0.25) is 0 Å². The van der Waals surface area contributed by atoms with E-state index in [-0.39, 0.29) is 0 Å². The third-order valence-electron chi connectivity index (χ3n) is 15.3. The minimum Gasteiger partial charge on any atom is -0.456 e. The quantitative estimate of drug-likeness (QED) is 0.131. The van der Waals surface area contributed by atoms with Crippen molar-refractivity contribution in [3.63, 3.8) is 0 Å². The highest BCUT2D eigenvalue weighted by atomic mass is 16.3. The van der Waals surface area contributed by atoms with Crippen LogP contribution in [0.3, 0.4) is 0 Å². The average Bonchev–Trinajstić information content (AvgIpc) is 3.61. The Hall–Kier alpha value is -4.69. The topological polar surface area (TPSA) is 13.1 Å². The second kappa shape index (κ2) is 13.7. The zero-order valence-corrected chi connectivity index (χ0v) is 37.3. The van der Waals surface area contributed by atoms with Gasteiger partial charge in [0.15, 0.2) is 0 Å². The Kier molecular flexibility index (Phi) is 9.16. The van der Waals surface area contributed by atoms with Crippen LogP contribution in [0.5, 0.6) is 0 Å². The van der Waals surface area contributed by atoms with Crippen LogP contribution in [-0.2, 0) is 0 Å². The van der Waals surface area contributed by atoms with Gasteiger partial charge in [-0.05, 0) is 77.8 Å². The van der Waals surface area contributed by atoms with Gasteiger partial charge in [-0.2, -0.15) is 0 Å². The molecule has 0 spiro atoms. The van der Waals surface area contributed by atoms with E-state index < -0.39 is 0 Å². The average molecular weight is 724 g/mol. The van der Waals surface area contributed by atoms with Gasteiger partial charge in [-0.25, -0.2) is 0 Å². The molecule has 1 aromatic heterocycles. The largest absolute Gasteiger partial charge is 0.456 e. The lowest BCUT2D eigenvalue weighted by atomic mass is 9.56. The molecule has 0 N–H and O–H groups in total. The van der Waals surface area contributed by atoms with Crippen molar-refractivity contribution in [3.8, 4) is 33.4 Å². The molecule has 0 fully saturated rings. The fraction of sp³-hybridized carbons (Fsp3) is 0. The van der Waals surface area contributed by atoms with Crippen molar-refractivity contribution in [2.45, 2.75) is 0 Å². The minimum absolute atomic E-state index is 0.925. The van der Waals surface area contributed by atoms with E-state index in [9.17, 15) is 0 Å². The van der Waals surface area contributed by atoms with E-state index in [1.54, 1.807) is 0 Å². The van der Waals surface area contributed by atoms with E-state index in [4.69, 9.17) is 4.42 Å². The maximum absolute atomic E-state index is 6.31. The van der Waals surface area contributed by atoms with Crippen LogP contribution in [0.25, 0.3) is 87.6 Å². The molecule has 0 radical (unpaired) electrons. The van der Waals surface area contributed by atoms with Gasteiger partial charge in [0, 0.05) is 10.8 Å². The van der Waals surface area contributed by atoms with Crippen molar-refractivity contribution in [2.24, 2.45) is 0 Å². The van der Waals surface area contributed by atoms with Gasteiger partial charge in [0.25, 0.3) is 0 Å². The number of benzene rings is 8. The molecule has 260 valence electrons. The van der Waals surface area contributed by atoms with Gasteiger partial charge in [-0.1, -0.05) is 104 Å². The zero-order valence-electron chi connectivity index (χ0n) is 37.3. The van der Waals surface area contributed by atoms with Gasteiger partial charge in [-0.15, -0.1) is 32.8 Å². The summed E-state index contributed by atoms with van der Waals surface area (Å²) in [6.45, 7) is 0. The van der Waals surface area contributed by atoms with E-state index in [0.717, 1.165) is 16.6 Å². The Morgan fingerprint density at radius 2 is 0.655 bits per heavy atom. The fourth-order valence-corrected chi connectivity index (χ4v) is 10.9. The maximum atomic E-state index is 6.31. The number of para-hydroxylation sites is 1. The van der Waals surface area contributed by atoms with Crippen molar-refractivity contribution in [2.75, 3.05) is 0 Å². The summed E-state index contributed by atoms with van der Waals surface area (Å²) in [4.78, 5) is 0. The molecule has 0 atom stereocenters. The van der Waals surface area contributed by atoms with Gasteiger partial charge in [0.1, 0.15) is 129 Å². The highest BCUT2D eigenvalue weighted by Crippen LogP contribution is 2.42. The first-order valence-electron chi connectivity index (χ1n) is 21.1. The summed E-state index contributed by atoms with van der Waals surface area (Å²) in [7, 11) is 35.3. The van der Waals surface area contributed by atoms with E-state index in [2.05, 4.69) is 178 Å². The number of rotatable bonds is 3. The molecule has 0 unspecified atom stereocenters. The van der Waals surface area contributed by atoms with Crippen LogP contribution in [-0.4, -0.2) is 118 Å². The van der Waals surface area contributed by atoms with Crippen LogP contribution in [0, 0.1) is 0 Å². The second-order valence-electron chi connectivity index (χ2n) is 17.6. The first kappa shape index (κ1) is 38.8. The SMILES string of the molecule is Bc1c(B)c(B)c2c(B)c(-c3c4c(B)c(B)c(B)c(B)c4c(-c4ccc(-c5cccc6oc7ccccc7c56)cc4)c4c(B)c(B)c(B)c(B)c34)c(B)c(B)c2c1B. The number of fused-ring (bicyclic) bond motifs is 6. The molecule has 9 rings (SSSR count). The number of furan rings is 1. The van der Waals surface area contributed by atoms with E-state index in [1.807, 2.05) is 6.07 Å². The maximum Gasteiger partial charge on any atom is 0.140 e. The van der Waals surface area contributed by atoms with Crippen molar-refractivity contribution < 1.29 is 4.42 Å². The molecule has 58 heavy (non-hydrogen) atoms. The predicted molar refractivity (Wildman–Crippen MR) is 305 cm³/mol. The van der Waals surface area contributed by atoms with Gasteiger partial charge < -0.3 is 4.42 Å². The summed E-state index contributed by atoms with van der Waals surface area (Å²) >= 11 is 0. The lowest BCUT2D eigenvalue weighted by Crippen LogP contribution is -2.52. The highest BCUT2D eigenvalue weighted by molar-refractivity contribution is 6.75. The molecule has 9 aromatic rings.